The Hall–Kier alpha value is -0.900. The van der Waals surface area contributed by atoms with Crippen LogP contribution in [-0.4, -0.2) is 41.8 Å². The summed E-state index contributed by atoms with van der Waals surface area (Å²) in [4.78, 5) is 2.32. The van der Waals surface area contributed by atoms with Gasteiger partial charge in [-0.15, -0.1) is 0 Å². The highest BCUT2D eigenvalue weighted by molar-refractivity contribution is 5.36. The second-order valence-corrected chi connectivity index (χ2v) is 5.94. The first-order chi connectivity index (χ1) is 8.94. The molecular weight excluding hydrogens is 238 g/mol. The van der Waals surface area contributed by atoms with Crippen LogP contribution >= 0.6 is 0 Å². The Morgan fingerprint density at radius 2 is 1.84 bits per heavy atom. The zero-order valence-corrected chi connectivity index (χ0v) is 12.4. The number of rotatable bonds is 3. The average Bonchev–Trinajstić information content (AvgIpc) is 2.42. The van der Waals surface area contributed by atoms with E-state index in [1.807, 2.05) is 12.1 Å². The van der Waals surface area contributed by atoms with Crippen molar-refractivity contribution in [1.82, 2.24) is 4.90 Å². The van der Waals surface area contributed by atoms with Gasteiger partial charge in [0.25, 0.3) is 0 Å². The molecule has 2 rings (SSSR count). The van der Waals surface area contributed by atoms with Crippen LogP contribution in [0.5, 0.6) is 0 Å². The lowest BCUT2D eigenvalue weighted by atomic mass is 9.86. The highest BCUT2D eigenvalue weighted by Gasteiger charge is 2.36. The van der Waals surface area contributed by atoms with E-state index in [0.717, 1.165) is 31.9 Å². The Morgan fingerprint density at radius 3 is 2.47 bits per heavy atom. The molecule has 0 aromatic heterocycles. The Bertz CT molecular complexity index is 436. The molecule has 1 fully saturated rings. The van der Waals surface area contributed by atoms with Gasteiger partial charge in [0.2, 0.25) is 0 Å². The summed E-state index contributed by atoms with van der Waals surface area (Å²) in [6.07, 6.45) is -0.481. The van der Waals surface area contributed by atoms with Gasteiger partial charge in [-0.05, 0) is 44.4 Å². The lowest BCUT2D eigenvalue weighted by molar-refractivity contribution is -0.0632. The van der Waals surface area contributed by atoms with E-state index in [0.29, 0.717) is 0 Å². The summed E-state index contributed by atoms with van der Waals surface area (Å²) in [5.41, 5.74) is 3.18. The second-order valence-electron chi connectivity index (χ2n) is 5.94. The Kier molecular flexibility index (Phi) is 4.29. The van der Waals surface area contributed by atoms with Crippen molar-refractivity contribution in [2.24, 2.45) is 0 Å². The quantitative estimate of drug-likeness (QED) is 0.909. The molecule has 0 saturated carbocycles. The molecule has 1 aromatic carbocycles. The van der Waals surface area contributed by atoms with Crippen molar-refractivity contribution in [2.75, 3.05) is 26.3 Å². The zero-order valence-electron chi connectivity index (χ0n) is 12.4. The van der Waals surface area contributed by atoms with E-state index >= 15 is 0 Å². The van der Waals surface area contributed by atoms with Crippen molar-refractivity contribution in [3.8, 4) is 0 Å². The second kappa shape index (κ2) is 5.61. The monoisotopic (exact) mass is 263 g/mol. The molecule has 0 spiro atoms. The van der Waals surface area contributed by atoms with E-state index in [1.165, 1.54) is 11.1 Å². The summed E-state index contributed by atoms with van der Waals surface area (Å²) in [5.74, 6) is 0. The number of morpholine rings is 1. The van der Waals surface area contributed by atoms with Crippen LogP contribution in [0.15, 0.2) is 18.2 Å². The first kappa shape index (κ1) is 14.5. The van der Waals surface area contributed by atoms with Crippen LogP contribution in [0.2, 0.25) is 0 Å². The number of nitrogens with zero attached hydrogens (tertiary/aromatic N) is 1. The van der Waals surface area contributed by atoms with Crippen molar-refractivity contribution in [1.29, 1.82) is 0 Å². The standard InChI is InChI=1S/C16H25NO2/c1-12-6-5-7-14(13(12)2)15(18)16(3,4)17-8-10-19-11-9-17/h5-7,15,18H,8-11H2,1-4H3. The van der Waals surface area contributed by atoms with E-state index in [2.05, 4.69) is 38.7 Å². The van der Waals surface area contributed by atoms with Gasteiger partial charge in [-0.3, -0.25) is 4.90 Å². The molecule has 3 heteroatoms. The molecule has 1 unspecified atom stereocenters. The summed E-state index contributed by atoms with van der Waals surface area (Å²) in [5, 5.41) is 10.8. The fourth-order valence-electron chi connectivity index (χ4n) is 2.76. The van der Waals surface area contributed by atoms with Gasteiger partial charge < -0.3 is 9.84 Å². The van der Waals surface area contributed by atoms with Crippen LogP contribution < -0.4 is 0 Å². The predicted octanol–water partition coefficient (Wildman–Crippen LogP) is 2.45. The number of benzene rings is 1. The summed E-state index contributed by atoms with van der Waals surface area (Å²) >= 11 is 0. The van der Waals surface area contributed by atoms with Crippen LogP contribution in [0.4, 0.5) is 0 Å². The van der Waals surface area contributed by atoms with Gasteiger partial charge in [-0.25, -0.2) is 0 Å². The molecule has 0 bridgehead atoms. The number of aliphatic hydroxyl groups is 1. The SMILES string of the molecule is Cc1cccc(C(O)C(C)(C)N2CCOCC2)c1C. The molecule has 0 amide bonds. The third-order valence-corrected chi connectivity index (χ3v) is 4.44. The van der Waals surface area contributed by atoms with Crippen LogP contribution in [0.3, 0.4) is 0 Å². The topological polar surface area (TPSA) is 32.7 Å². The molecular formula is C16H25NO2. The van der Waals surface area contributed by atoms with Gasteiger partial charge in [0.1, 0.15) is 0 Å². The van der Waals surface area contributed by atoms with E-state index in [-0.39, 0.29) is 5.54 Å². The molecule has 3 nitrogen and oxygen atoms in total. The molecule has 106 valence electrons. The van der Waals surface area contributed by atoms with Crippen molar-refractivity contribution >= 4 is 0 Å². The lowest BCUT2D eigenvalue weighted by Gasteiger charge is -2.44. The highest BCUT2D eigenvalue weighted by Crippen LogP contribution is 2.33. The minimum Gasteiger partial charge on any atom is -0.386 e. The van der Waals surface area contributed by atoms with E-state index < -0.39 is 6.10 Å². The van der Waals surface area contributed by atoms with Crippen molar-refractivity contribution in [3.05, 3.63) is 34.9 Å². The first-order valence-electron chi connectivity index (χ1n) is 7.01. The number of ether oxygens (including phenoxy) is 1. The molecule has 1 N–H and O–H groups in total. The van der Waals surface area contributed by atoms with Gasteiger partial charge in [-0.1, -0.05) is 18.2 Å². The van der Waals surface area contributed by atoms with E-state index in [4.69, 9.17) is 4.74 Å². The fourth-order valence-corrected chi connectivity index (χ4v) is 2.76. The van der Waals surface area contributed by atoms with Gasteiger partial charge in [0, 0.05) is 18.6 Å². The van der Waals surface area contributed by atoms with E-state index in [1.54, 1.807) is 0 Å². The van der Waals surface area contributed by atoms with Gasteiger partial charge >= 0.3 is 0 Å². The fraction of sp³-hybridized carbons (Fsp3) is 0.625. The van der Waals surface area contributed by atoms with Crippen molar-refractivity contribution in [3.63, 3.8) is 0 Å². The van der Waals surface area contributed by atoms with Crippen LogP contribution in [0.25, 0.3) is 0 Å². The maximum absolute atomic E-state index is 10.8. The van der Waals surface area contributed by atoms with Crippen molar-refractivity contribution in [2.45, 2.75) is 39.3 Å². The highest BCUT2D eigenvalue weighted by atomic mass is 16.5. The summed E-state index contributed by atoms with van der Waals surface area (Å²) in [6.45, 7) is 11.7. The summed E-state index contributed by atoms with van der Waals surface area (Å²) in [7, 11) is 0. The van der Waals surface area contributed by atoms with Crippen LogP contribution in [-0.2, 0) is 4.74 Å². The number of aliphatic hydroxyl groups excluding tert-OH is 1. The molecule has 1 aliphatic heterocycles. The molecule has 1 saturated heterocycles. The summed E-state index contributed by atoms with van der Waals surface area (Å²) in [6, 6.07) is 6.15. The normalized spacial score (nSPS) is 19.4. The Balaban J connectivity index is 2.26. The third-order valence-electron chi connectivity index (χ3n) is 4.44. The molecule has 1 aliphatic rings. The number of hydrogen-bond acceptors (Lipinski definition) is 3. The molecule has 1 heterocycles. The molecule has 0 aliphatic carbocycles. The molecule has 1 aromatic rings. The molecule has 0 radical (unpaired) electrons. The predicted molar refractivity (Wildman–Crippen MR) is 77.3 cm³/mol. The van der Waals surface area contributed by atoms with Gasteiger partial charge in [0.15, 0.2) is 0 Å². The smallest absolute Gasteiger partial charge is 0.0970 e. The molecule has 19 heavy (non-hydrogen) atoms. The Labute approximate surface area is 116 Å². The average molecular weight is 263 g/mol. The van der Waals surface area contributed by atoms with Gasteiger partial charge in [0.05, 0.1) is 19.3 Å². The van der Waals surface area contributed by atoms with E-state index in [9.17, 15) is 5.11 Å². The summed E-state index contributed by atoms with van der Waals surface area (Å²) < 4.78 is 5.40. The third kappa shape index (κ3) is 2.83. The number of aryl methyl sites for hydroxylation is 1. The minimum atomic E-state index is -0.481. The lowest BCUT2D eigenvalue weighted by Crippen LogP contribution is -2.53. The maximum atomic E-state index is 10.8. The maximum Gasteiger partial charge on any atom is 0.0970 e. The van der Waals surface area contributed by atoms with Crippen LogP contribution in [0, 0.1) is 13.8 Å². The first-order valence-corrected chi connectivity index (χ1v) is 7.01. The number of hydrogen-bond donors (Lipinski definition) is 1. The minimum absolute atomic E-state index is 0.275. The Morgan fingerprint density at radius 1 is 1.21 bits per heavy atom. The van der Waals surface area contributed by atoms with Crippen LogP contribution in [0.1, 0.15) is 36.6 Å². The zero-order chi connectivity index (χ0) is 14.0. The molecule has 1 atom stereocenters. The van der Waals surface area contributed by atoms with Gasteiger partial charge in [-0.2, -0.15) is 0 Å². The largest absolute Gasteiger partial charge is 0.386 e. The van der Waals surface area contributed by atoms with Crippen molar-refractivity contribution < 1.29 is 9.84 Å².